The number of rotatable bonds is 12. The standard InChI is InChI=1S/C14H29N3O3/c1-3-19-9-7-17(8-10-20-4-2)12-14(5-6-14)11-13(15)16-18/h18H,3-12H2,1-2H3,(H2,15,16). The Kier molecular flexibility index (Phi) is 7.87. The monoisotopic (exact) mass is 287 g/mol. The van der Waals surface area contributed by atoms with Crippen LogP contribution in [0.5, 0.6) is 0 Å². The van der Waals surface area contributed by atoms with E-state index in [2.05, 4.69) is 10.1 Å². The smallest absolute Gasteiger partial charge is 0.139 e. The Bertz CT molecular complexity index is 283. The van der Waals surface area contributed by atoms with E-state index < -0.39 is 0 Å². The maximum atomic E-state index is 8.72. The van der Waals surface area contributed by atoms with Gasteiger partial charge in [-0.05, 0) is 32.1 Å². The van der Waals surface area contributed by atoms with E-state index in [0.717, 1.165) is 58.9 Å². The molecule has 118 valence electrons. The Labute approximate surface area is 121 Å². The van der Waals surface area contributed by atoms with Crippen molar-refractivity contribution in [2.45, 2.75) is 33.1 Å². The predicted octanol–water partition coefficient (Wildman–Crippen LogP) is 1.28. The lowest BCUT2D eigenvalue weighted by Gasteiger charge is -2.27. The van der Waals surface area contributed by atoms with Crippen LogP contribution in [0, 0.1) is 5.41 Å². The van der Waals surface area contributed by atoms with Crippen LogP contribution in [0.4, 0.5) is 0 Å². The van der Waals surface area contributed by atoms with Gasteiger partial charge in [0.1, 0.15) is 5.84 Å². The van der Waals surface area contributed by atoms with E-state index in [4.69, 9.17) is 20.4 Å². The lowest BCUT2D eigenvalue weighted by Crippen LogP contribution is -2.37. The van der Waals surface area contributed by atoms with Gasteiger partial charge in [0.25, 0.3) is 0 Å². The van der Waals surface area contributed by atoms with Crippen LogP contribution in [0.1, 0.15) is 33.1 Å². The lowest BCUT2D eigenvalue weighted by molar-refractivity contribution is 0.0738. The van der Waals surface area contributed by atoms with Gasteiger partial charge in [0.2, 0.25) is 0 Å². The first-order chi connectivity index (χ1) is 9.65. The lowest BCUT2D eigenvalue weighted by atomic mass is 10.0. The SMILES string of the molecule is CCOCCN(CCOCC)CC1(CC(N)=NO)CC1. The molecule has 6 nitrogen and oxygen atoms in total. The third-order valence-electron chi connectivity index (χ3n) is 3.71. The van der Waals surface area contributed by atoms with Gasteiger partial charge in [-0.1, -0.05) is 5.16 Å². The highest BCUT2D eigenvalue weighted by Gasteiger charge is 2.44. The number of nitrogens with zero attached hydrogens (tertiary/aromatic N) is 2. The molecule has 0 aliphatic heterocycles. The fraction of sp³-hybridized carbons (Fsp3) is 0.929. The molecule has 0 spiro atoms. The number of hydrogen-bond acceptors (Lipinski definition) is 5. The summed E-state index contributed by atoms with van der Waals surface area (Å²) in [6, 6.07) is 0. The molecule has 0 heterocycles. The summed E-state index contributed by atoms with van der Waals surface area (Å²) in [7, 11) is 0. The summed E-state index contributed by atoms with van der Waals surface area (Å²) in [6.45, 7) is 9.74. The van der Waals surface area contributed by atoms with E-state index in [1.54, 1.807) is 0 Å². The Balaban J connectivity index is 2.41. The molecule has 0 saturated heterocycles. The molecule has 6 heteroatoms. The molecule has 3 N–H and O–H groups in total. The van der Waals surface area contributed by atoms with Crippen molar-refractivity contribution in [1.82, 2.24) is 4.90 Å². The second kappa shape index (κ2) is 9.15. The summed E-state index contributed by atoms with van der Waals surface area (Å²) in [5.74, 6) is 0.331. The predicted molar refractivity (Wildman–Crippen MR) is 79.1 cm³/mol. The minimum atomic E-state index is 0.189. The minimum Gasteiger partial charge on any atom is -0.409 e. The Morgan fingerprint density at radius 1 is 1.20 bits per heavy atom. The van der Waals surface area contributed by atoms with E-state index in [1.807, 2.05) is 13.8 Å². The molecule has 0 atom stereocenters. The highest BCUT2D eigenvalue weighted by atomic mass is 16.5. The molecule has 0 radical (unpaired) electrons. The van der Waals surface area contributed by atoms with Gasteiger partial charge in [-0.15, -0.1) is 0 Å². The summed E-state index contributed by atoms with van der Waals surface area (Å²) >= 11 is 0. The normalized spacial score (nSPS) is 17.6. The number of nitrogens with two attached hydrogens (primary N) is 1. The molecule has 0 unspecified atom stereocenters. The zero-order valence-corrected chi connectivity index (χ0v) is 12.8. The van der Waals surface area contributed by atoms with Gasteiger partial charge in [0.15, 0.2) is 0 Å². The molecule has 20 heavy (non-hydrogen) atoms. The Morgan fingerprint density at radius 2 is 1.75 bits per heavy atom. The quantitative estimate of drug-likeness (QED) is 0.186. The summed E-state index contributed by atoms with van der Waals surface area (Å²) in [5.41, 5.74) is 5.84. The molecule has 1 rings (SSSR count). The molecule has 0 aromatic heterocycles. The second-order valence-electron chi connectivity index (χ2n) is 5.44. The fourth-order valence-electron chi connectivity index (χ4n) is 2.41. The average Bonchev–Trinajstić information content (AvgIpc) is 3.18. The van der Waals surface area contributed by atoms with Crippen molar-refractivity contribution in [3.8, 4) is 0 Å². The molecule has 1 saturated carbocycles. The number of ether oxygens (including phenoxy) is 2. The molecular weight excluding hydrogens is 258 g/mol. The van der Waals surface area contributed by atoms with Crippen LogP contribution in [-0.4, -0.2) is 62.0 Å². The topological polar surface area (TPSA) is 80.3 Å². The van der Waals surface area contributed by atoms with Crippen LogP contribution >= 0.6 is 0 Å². The van der Waals surface area contributed by atoms with Crippen molar-refractivity contribution in [1.29, 1.82) is 0 Å². The van der Waals surface area contributed by atoms with Crippen molar-refractivity contribution >= 4 is 5.84 Å². The molecule has 1 aliphatic rings. The van der Waals surface area contributed by atoms with Crippen molar-refractivity contribution < 1.29 is 14.7 Å². The molecular formula is C14H29N3O3. The average molecular weight is 287 g/mol. The summed E-state index contributed by atoms with van der Waals surface area (Å²) in [4.78, 5) is 2.36. The van der Waals surface area contributed by atoms with E-state index in [9.17, 15) is 0 Å². The van der Waals surface area contributed by atoms with Crippen molar-refractivity contribution in [3.63, 3.8) is 0 Å². The van der Waals surface area contributed by atoms with Crippen molar-refractivity contribution in [2.75, 3.05) is 46.1 Å². The first kappa shape index (κ1) is 17.2. The zero-order valence-electron chi connectivity index (χ0n) is 12.8. The van der Waals surface area contributed by atoms with Crippen molar-refractivity contribution in [3.05, 3.63) is 0 Å². The highest BCUT2D eigenvalue weighted by molar-refractivity contribution is 5.80. The van der Waals surface area contributed by atoms with Crippen molar-refractivity contribution in [2.24, 2.45) is 16.3 Å². The third-order valence-corrected chi connectivity index (χ3v) is 3.71. The Morgan fingerprint density at radius 3 is 2.15 bits per heavy atom. The van der Waals surface area contributed by atoms with Gasteiger partial charge in [0.05, 0.1) is 13.2 Å². The van der Waals surface area contributed by atoms with Crippen LogP contribution in [0.25, 0.3) is 0 Å². The maximum Gasteiger partial charge on any atom is 0.139 e. The number of hydrogen-bond donors (Lipinski definition) is 2. The van der Waals surface area contributed by atoms with E-state index in [0.29, 0.717) is 12.3 Å². The van der Waals surface area contributed by atoms with Gasteiger partial charge in [-0.25, -0.2) is 0 Å². The number of amidine groups is 1. The Hall–Kier alpha value is -0.850. The van der Waals surface area contributed by atoms with Crippen LogP contribution in [-0.2, 0) is 9.47 Å². The van der Waals surface area contributed by atoms with E-state index in [1.165, 1.54) is 0 Å². The van der Waals surface area contributed by atoms with Gasteiger partial charge in [0, 0.05) is 39.3 Å². The second-order valence-corrected chi connectivity index (χ2v) is 5.44. The summed E-state index contributed by atoms with van der Waals surface area (Å²) in [6.07, 6.45) is 2.95. The van der Waals surface area contributed by atoms with E-state index in [-0.39, 0.29) is 5.41 Å². The summed E-state index contributed by atoms with van der Waals surface area (Å²) in [5, 5.41) is 11.8. The van der Waals surface area contributed by atoms with Crippen LogP contribution in [0.3, 0.4) is 0 Å². The molecule has 0 aromatic rings. The molecule has 1 fully saturated rings. The highest BCUT2D eigenvalue weighted by Crippen LogP contribution is 2.49. The zero-order chi connectivity index (χ0) is 14.8. The van der Waals surface area contributed by atoms with Crippen LogP contribution in [0.15, 0.2) is 5.16 Å². The van der Waals surface area contributed by atoms with Gasteiger partial charge in [-0.2, -0.15) is 0 Å². The molecule has 0 bridgehead atoms. The van der Waals surface area contributed by atoms with Crippen LogP contribution < -0.4 is 5.73 Å². The van der Waals surface area contributed by atoms with Gasteiger partial charge >= 0.3 is 0 Å². The fourth-order valence-corrected chi connectivity index (χ4v) is 2.41. The van der Waals surface area contributed by atoms with E-state index >= 15 is 0 Å². The largest absolute Gasteiger partial charge is 0.409 e. The third kappa shape index (κ3) is 6.54. The molecule has 1 aliphatic carbocycles. The first-order valence-corrected chi connectivity index (χ1v) is 7.50. The van der Waals surface area contributed by atoms with Gasteiger partial charge < -0.3 is 20.4 Å². The molecule has 0 aromatic carbocycles. The number of oxime groups is 1. The van der Waals surface area contributed by atoms with Crippen LogP contribution in [0.2, 0.25) is 0 Å². The molecule has 0 amide bonds. The maximum absolute atomic E-state index is 8.72. The minimum absolute atomic E-state index is 0.189. The summed E-state index contributed by atoms with van der Waals surface area (Å²) < 4.78 is 10.9. The first-order valence-electron chi connectivity index (χ1n) is 7.50. The van der Waals surface area contributed by atoms with Gasteiger partial charge in [-0.3, -0.25) is 4.90 Å².